The van der Waals surface area contributed by atoms with Gasteiger partial charge in [-0.2, -0.15) is 0 Å². The SMILES string of the molecule is CCCCCCN(N[C@@H](CC(C)C)C(N)=O)C(=O)C=O. The zero-order chi connectivity index (χ0) is 15.5. The highest BCUT2D eigenvalue weighted by atomic mass is 16.2. The van der Waals surface area contributed by atoms with Crippen LogP contribution in [0, 0.1) is 5.92 Å². The van der Waals surface area contributed by atoms with Gasteiger partial charge >= 0.3 is 5.91 Å². The number of nitrogens with two attached hydrogens (primary N) is 1. The van der Waals surface area contributed by atoms with Gasteiger partial charge in [0.05, 0.1) is 0 Å². The first kappa shape index (κ1) is 18.6. The number of carbonyl (C=O) groups is 3. The summed E-state index contributed by atoms with van der Waals surface area (Å²) in [4.78, 5) is 33.6. The summed E-state index contributed by atoms with van der Waals surface area (Å²) in [6.07, 6.45) is 4.70. The number of aldehydes is 1. The molecule has 6 heteroatoms. The molecule has 0 spiro atoms. The predicted molar refractivity (Wildman–Crippen MR) is 77.5 cm³/mol. The number of primary amides is 1. The molecular formula is C14H27N3O3. The van der Waals surface area contributed by atoms with Crippen LogP contribution < -0.4 is 11.2 Å². The van der Waals surface area contributed by atoms with Gasteiger partial charge in [-0.05, 0) is 18.8 Å². The molecule has 1 atom stereocenters. The highest BCUT2D eigenvalue weighted by Crippen LogP contribution is 2.06. The summed E-state index contributed by atoms with van der Waals surface area (Å²) < 4.78 is 0. The molecule has 0 aliphatic carbocycles. The van der Waals surface area contributed by atoms with Crippen molar-refractivity contribution in [2.24, 2.45) is 11.7 Å². The van der Waals surface area contributed by atoms with Gasteiger partial charge in [-0.25, -0.2) is 5.43 Å². The van der Waals surface area contributed by atoms with Crippen LogP contribution >= 0.6 is 0 Å². The van der Waals surface area contributed by atoms with Crippen molar-refractivity contribution in [2.75, 3.05) is 6.54 Å². The van der Waals surface area contributed by atoms with E-state index < -0.39 is 17.9 Å². The van der Waals surface area contributed by atoms with E-state index in [2.05, 4.69) is 12.3 Å². The molecule has 0 heterocycles. The van der Waals surface area contributed by atoms with Gasteiger partial charge < -0.3 is 5.73 Å². The van der Waals surface area contributed by atoms with Gasteiger partial charge in [0, 0.05) is 6.54 Å². The van der Waals surface area contributed by atoms with Crippen LogP contribution in [-0.4, -0.2) is 35.7 Å². The molecule has 2 amide bonds. The van der Waals surface area contributed by atoms with Crippen LogP contribution in [0.4, 0.5) is 0 Å². The second kappa shape index (κ2) is 10.4. The van der Waals surface area contributed by atoms with Crippen molar-refractivity contribution in [1.82, 2.24) is 10.4 Å². The largest absolute Gasteiger partial charge is 0.368 e. The van der Waals surface area contributed by atoms with Crippen LogP contribution in [0.2, 0.25) is 0 Å². The zero-order valence-electron chi connectivity index (χ0n) is 12.7. The van der Waals surface area contributed by atoms with Gasteiger partial charge in [0.2, 0.25) is 12.2 Å². The Morgan fingerprint density at radius 3 is 2.35 bits per heavy atom. The normalized spacial score (nSPS) is 12.2. The van der Waals surface area contributed by atoms with E-state index in [0.717, 1.165) is 25.7 Å². The van der Waals surface area contributed by atoms with Gasteiger partial charge in [-0.15, -0.1) is 0 Å². The third-order valence-corrected chi connectivity index (χ3v) is 2.96. The average molecular weight is 285 g/mol. The van der Waals surface area contributed by atoms with E-state index in [1.807, 2.05) is 13.8 Å². The van der Waals surface area contributed by atoms with Crippen molar-refractivity contribution in [3.05, 3.63) is 0 Å². The highest BCUT2D eigenvalue weighted by molar-refractivity contribution is 6.23. The van der Waals surface area contributed by atoms with Crippen molar-refractivity contribution in [3.63, 3.8) is 0 Å². The fourth-order valence-corrected chi connectivity index (χ4v) is 1.89. The number of hydrogen-bond acceptors (Lipinski definition) is 4. The van der Waals surface area contributed by atoms with E-state index >= 15 is 0 Å². The molecule has 116 valence electrons. The van der Waals surface area contributed by atoms with E-state index in [4.69, 9.17) is 5.73 Å². The lowest BCUT2D eigenvalue weighted by atomic mass is 10.0. The molecule has 0 aliphatic rings. The molecule has 0 radical (unpaired) electrons. The summed E-state index contributed by atoms with van der Waals surface area (Å²) in [5.41, 5.74) is 8.11. The number of unbranched alkanes of at least 4 members (excludes halogenated alkanes) is 3. The van der Waals surface area contributed by atoms with E-state index in [9.17, 15) is 14.4 Å². The third kappa shape index (κ3) is 7.89. The second-order valence-electron chi connectivity index (χ2n) is 5.38. The number of nitrogens with zero attached hydrogens (tertiary/aromatic N) is 1. The Kier molecular flexibility index (Phi) is 9.63. The molecule has 0 saturated heterocycles. The van der Waals surface area contributed by atoms with E-state index in [1.165, 1.54) is 5.01 Å². The van der Waals surface area contributed by atoms with Crippen LogP contribution in [0.1, 0.15) is 52.9 Å². The first-order chi connectivity index (χ1) is 9.42. The topological polar surface area (TPSA) is 92.5 Å². The second-order valence-corrected chi connectivity index (χ2v) is 5.38. The molecule has 6 nitrogen and oxygen atoms in total. The van der Waals surface area contributed by atoms with Crippen LogP contribution in [-0.2, 0) is 14.4 Å². The summed E-state index contributed by atoms with van der Waals surface area (Å²) in [5, 5.41) is 1.21. The molecule has 0 saturated carbocycles. The van der Waals surface area contributed by atoms with E-state index in [1.54, 1.807) is 0 Å². The molecule has 0 fully saturated rings. The quantitative estimate of drug-likeness (QED) is 0.256. The maximum Gasteiger partial charge on any atom is 0.300 e. The van der Waals surface area contributed by atoms with Gasteiger partial charge in [-0.1, -0.05) is 40.0 Å². The summed E-state index contributed by atoms with van der Waals surface area (Å²) >= 11 is 0. The van der Waals surface area contributed by atoms with Crippen LogP contribution in [0.25, 0.3) is 0 Å². The van der Waals surface area contributed by atoms with Gasteiger partial charge in [0.1, 0.15) is 6.04 Å². The minimum Gasteiger partial charge on any atom is -0.368 e. The van der Waals surface area contributed by atoms with Crippen LogP contribution in [0.15, 0.2) is 0 Å². The Labute approximate surface area is 121 Å². The first-order valence-electron chi connectivity index (χ1n) is 7.24. The average Bonchev–Trinajstić information content (AvgIpc) is 2.39. The predicted octanol–water partition coefficient (Wildman–Crippen LogP) is 0.999. The minimum absolute atomic E-state index is 0.250. The Bertz CT molecular complexity index is 319. The monoisotopic (exact) mass is 285 g/mol. The molecule has 0 bridgehead atoms. The standard InChI is InChI=1S/C14H27N3O3/c1-4-5-6-7-8-17(13(19)10-18)16-12(14(15)20)9-11(2)3/h10-12,16H,4-9H2,1-3H3,(H2,15,20)/t12-/m0/s1. The number of carbonyl (C=O) groups excluding carboxylic acids is 3. The lowest BCUT2D eigenvalue weighted by Gasteiger charge is -2.27. The molecule has 0 aliphatic heterocycles. The number of hydrogen-bond donors (Lipinski definition) is 2. The van der Waals surface area contributed by atoms with Crippen molar-refractivity contribution in [1.29, 1.82) is 0 Å². The summed E-state index contributed by atoms with van der Waals surface area (Å²) in [6.45, 7) is 6.42. The number of amides is 2. The molecular weight excluding hydrogens is 258 g/mol. The fraction of sp³-hybridized carbons (Fsp3) is 0.786. The van der Waals surface area contributed by atoms with Gasteiger partial charge in [-0.3, -0.25) is 19.4 Å². The minimum atomic E-state index is -0.670. The maximum absolute atomic E-state index is 11.6. The lowest BCUT2D eigenvalue weighted by molar-refractivity contribution is -0.143. The van der Waals surface area contributed by atoms with Gasteiger partial charge in [0.15, 0.2) is 0 Å². The van der Waals surface area contributed by atoms with Crippen molar-refractivity contribution >= 4 is 18.1 Å². The Morgan fingerprint density at radius 1 is 1.25 bits per heavy atom. The molecule has 0 aromatic carbocycles. The molecule has 3 N–H and O–H groups in total. The summed E-state index contributed by atoms with van der Waals surface area (Å²) in [5.74, 6) is -0.930. The number of rotatable bonds is 11. The van der Waals surface area contributed by atoms with Crippen molar-refractivity contribution in [2.45, 2.75) is 58.9 Å². The van der Waals surface area contributed by atoms with E-state index in [-0.39, 0.29) is 12.2 Å². The Hall–Kier alpha value is -1.43. The number of nitrogens with one attached hydrogen (secondary N) is 1. The van der Waals surface area contributed by atoms with E-state index in [0.29, 0.717) is 13.0 Å². The van der Waals surface area contributed by atoms with Crippen LogP contribution in [0.3, 0.4) is 0 Å². The zero-order valence-corrected chi connectivity index (χ0v) is 12.7. The third-order valence-electron chi connectivity index (χ3n) is 2.96. The first-order valence-corrected chi connectivity index (χ1v) is 7.24. The number of hydrazine groups is 1. The fourth-order valence-electron chi connectivity index (χ4n) is 1.89. The molecule has 0 unspecified atom stereocenters. The van der Waals surface area contributed by atoms with Crippen LogP contribution in [0.5, 0.6) is 0 Å². The Morgan fingerprint density at radius 2 is 1.90 bits per heavy atom. The molecule has 20 heavy (non-hydrogen) atoms. The smallest absolute Gasteiger partial charge is 0.300 e. The molecule has 0 aromatic rings. The van der Waals surface area contributed by atoms with Crippen molar-refractivity contribution in [3.8, 4) is 0 Å². The summed E-state index contributed by atoms with van der Waals surface area (Å²) in [7, 11) is 0. The molecule has 0 aromatic heterocycles. The maximum atomic E-state index is 11.6. The lowest BCUT2D eigenvalue weighted by Crippen LogP contribution is -2.54. The molecule has 0 rings (SSSR count). The Balaban J connectivity index is 4.55. The summed E-state index contributed by atoms with van der Waals surface area (Å²) in [6, 6.07) is -0.634. The van der Waals surface area contributed by atoms with Gasteiger partial charge in [0.25, 0.3) is 0 Å². The highest BCUT2D eigenvalue weighted by Gasteiger charge is 2.22. The van der Waals surface area contributed by atoms with Crippen molar-refractivity contribution < 1.29 is 14.4 Å².